The SMILES string of the molecule is COc1ccc(C(C)(C)C)cc1N1CCCC1. The lowest BCUT2D eigenvalue weighted by atomic mass is 9.86. The molecule has 17 heavy (non-hydrogen) atoms. The molecule has 1 heterocycles. The van der Waals surface area contributed by atoms with Gasteiger partial charge in [0, 0.05) is 13.1 Å². The molecule has 1 saturated heterocycles. The summed E-state index contributed by atoms with van der Waals surface area (Å²) in [5, 5.41) is 0. The van der Waals surface area contributed by atoms with Crippen LogP contribution in [-0.4, -0.2) is 20.2 Å². The van der Waals surface area contributed by atoms with Crippen molar-refractivity contribution in [3.63, 3.8) is 0 Å². The van der Waals surface area contributed by atoms with E-state index in [0.29, 0.717) is 0 Å². The second-order valence-electron chi connectivity index (χ2n) is 5.83. The summed E-state index contributed by atoms with van der Waals surface area (Å²) in [6.45, 7) is 9.07. The Morgan fingerprint density at radius 1 is 1.12 bits per heavy atom. The van der Waals surface area contributed by atoms with Gasteiger partial charge in [-0.1, -0.05) is 26.8 Å². The Morgan fingerprint density at radius 3 is 2.29 bits per heavy atom. The molecule has 0 unspecified atom stereocenters. The number of nitrogens with zero attached hydrogens (tertiary/aromatic N) is 1. The fraction of sp³-hybridized carbons (Fsp3) is 0.600. The van der Waals surface area contributed by atoms with Crippen LogP contribution in [-0.2, 0) is 5.41 Å². The molecule has 0 aromatic heterocycles. The number of hydrogen-bond donors (Lipinski definition) is 0. The summed E-state index contributed by atoms with van der Waals surface area (Å²) in [6, 6.07) is 6.58. The second-order valence-corrected chi connectivity index (χ2v) is 5.83. The maximum atomic E-state index is 5.48. The lowest BCUT2D eigenvalue weighted by molar-refractivity contribution is 0.414. The zero-order valence-electron chi connectivity index (χ0n) is 11.4. The molecular weight excluding hydrogens is 210 g/mol. The summed E-state index contributed by atoms with van der Waals surface area (Å²) >= 11 is 0. The van der Waals surface area contributed by atoms with Crippen LogP contribution in [0.15, 0.2) is 18.2 Å². The van der Waals surface area contributed by atoms with E-state index in [4.69, 9.17) is 4.74 Å². The summed E-state index contributed by atoms with van der Waals surface area (Å²) < 4.78 is 5.48. The quantitative estimate of drug-likeness (QED) is 0.774. The van der Waals surface area contributed by atoms with E-state index in [1.165, 1.54) is 24.1 Å². The smallest absolute Gasteiger partial charge is 0.142 e. The fourth-order valence-electron chi connectivity index (χ4n) is 2.36. The Kier molecular flexibility index (Phi) is 3.32. The van der Waals surface area contributed by atoms with E-state index >= 15 is 0 Å². The summed E-state index contributed by atoms with van der Waals surface area (Å²) in [6.07, 6.45) is 2.59. The van der Waals surface area contributed by atoms with Crippen molar-refractivity contribution in [3.8, 4) is 5.75 Å². The van der Waals surface area contributed by atoms with Crippen molar-refractivity contribution in [3.05, 3.63) is 23.8 Å². The molecule has 0 aliphatic carbocycles. The van der Waals surface area contributed by atoms with Crippen molar-refractivity contribution in [2.75, 3.05) is 25.1 Å². The molecule has 1 fully saturated rings. The minimum atomic E-state index is 0.195. The number of anilines is 1. The maximum absolute atomic E-state index is 5.48. The van der Waals surface area contributed by atoms with Crippen LogP contribution in [0.2, 0.25) is 0 Å². The van der Waals surface area contributed by atoms with Gasteiger partial charge in [0.05, 0.1) is 12.8 Å². The van der Waals surface area contributed by atoms with Crippen LogP contribution in [0.25, 0.3) is 0 Å². The van der Waals surface area contributed by atoms with E-state index < -0.39 is 0 Å². The Bertz CT molecular complexity index is 386. The van der Waals surface area contributed by atoms with Gasteiger partial charge in [0.15, 0.2) is 0 Å². The molecule has 2 heteroatoms. The predicted molar refractivity (Wildman–Crippen MR) is 73.1 cm³/mol. The molecule has 1 aromatic carbocycles. The molecule has 2 nitrogen and oxygen atoms in total. The van der Waals surface area contributed by atoms with Gasteiger partial charge in [0.1, 0.15) is 5.75 Å². The molecule has 0 radical (unpaired) electrons. The van der Waals surface area contributed by atoms with Crippen molar-refractivity contribution in [1.29, 1.82) is 0 Å². The zero-order chi connectivity index (χ0) is 12.5. The van der Waals surface area contributed by atoms with Crippen LogP contribution in [0, 0.1) is 0 Å². The molecule has 1 aliphatic rings. The third-order valence-electron chi connectivity index (χ3n) is 3.49. The molecule has 0 atom stereocenters. The maximum Gasteiger partial charge on any atom is 0.142 e. The van der Waals surface area contributed by atoms with Gasteiger partial charge in [0.25, 0.3) is 0 Å². The van der Waals surface area contributed by atoms with E-state index in [-0.39, 0.29) is 5.41 Å². The van der Waals surface area contributed by atoms with E-state index in [1.54, 1.807) is 7.11 Å². The Hall–Kier alpha value is -1.18. The number of ether oxygens (including phenoxy) is 1. The second kappa shape index (κ2) is 4.59. The van der Waals surface area contributed by atoms with Crippen LogP contribution >= 0.6 is 0 Å². The third kappa shape index (κ3) is 2.56. The Morgan fingerprint density at radius 2 is 1.76 bits per heavy atom. The number of rotatable bonds is 2. The molecule has 0 bridgehead atoms. The lowest BCUT2D eigenvalue weighted by Gasteiger charge is -2.25. The topological polar surface area (TPSA) is 12.5 Å². The van der Waals surface area contributed by atoms with Crippen LogP contribution in [0.4, 0.5) is 5.69 Å². The monoisotopic (exact) mass is 233 g/mol. The molecule has 1 aromatic rings. The van der Waals surface area contributed by atoms with Crippen LogP contribution < -0.4 is 9.64 Å². The first kappa shape index (κ1) is 12.3. The third-order valence-corrected chi connectivity index (χ3v) is 3.49. The highest BCUT2D eigenvalue weighted by molar-refractivity contribution is 5.61. The zero-order valence-corrected chi connectivity index (χ0v) is 11.4. The minimum Gasteiger partial charge on any atom is -0.495 e. The van der Waals surface area contributed by atoms with Gasteiger partial charge in [0.2, 0.25) is 0 Å². The van der Waals surface area contributed by atoms with Crippen LogP contribution in [0.3, 0.4) is 0 Å². The van der Waals surface area contributed by atoms with E-state index in [1.807, 2.05) is 0 Å². The van der Waals surface area contributed by atoms with Crippen molar-refractivity contribution in [2.45, 2.75) is 39.0 Å². The van der Waals surface area contributed by atoms with Gasteiger partial charge in [-0.2, -0.15) is 0 Å². The standard InChI is InChI=1S/C15H23NO/c1-15(2,3)12-7-8-14(17-4)13(11-12)16-9-5-6-10-16/h7-8,11H,5-6,9-10H2,1-4H3. The van der Waals surface area contributed by atoms with Crippen molar-refractivity contribution >= 4 is 5.69 Å². The van der Waals surface area contributed by atoms with Gasteiger partial charge < -0.3 is 9.64 Å². The molecule has 0 amide bonds. The first-order chi connectivity index (χ1) is 8.02. The van der Waals surface area contributed by atoms with E-state index in [0.717, 1.165) is 18.8 Å². The summed E-state index contributed by atoms with van der Waals surface area (Å²) in [4.78, 5) is 2.44. The normalized spacial score (nSPS) is 16.4. The minimum absolute atomic E-state index is 0.195. The van der Waals surface area contributed by atoms with Crippen LogP contribution in [0.5, 0.6) is 5.75 Å². The van der Waals surface area contributed by atoms with Crippen molar-refractivity contribution < 1.29 is 4.74 Å². The molecule has 0 N–H and O–H groups in total. The molecular formula is C15H23NO. The first-order valence-corrected chi connectivity index (χ1v) is 6.46. The highest BCUT2D eigenvalue weighted by atomic mass is 16.5. The van der Waals surface area contributed by atoms with Crippen molar-refractivity contribution in [1.82, 2.24) is 0 Å². The highest BCUT2D eigenvalue weighted by Crippen LogP contribution is 2.35. The molecule has 0 spiro atoms. The summed E-state index contributed by atoms with van der Waals surface area (Å²) in [5.41, 5.74) is 2.83. The highest BCUT2D eigenvalue weighted by Gasteiger charge is 2.20. The lowest BCUT2D eigenvalue weighted by Crippen LogP contribution is -2.20. The number of hydrogen-bond acceptors (Lipinski definition) is 2. The fourth-order valence-corrected chi connectivity index (χ4v) is 2.36. The summed E-state index contributed by atoms with van der Waals surface area (Å²) in [7, 11) is 1.76. The van der Waals surface area contributed by atoms with Gasteiger partial charge in [-0.15, -0.1) is 0 Å². The average Bonchev–Trinajstić information content (AvgIpc) is 2.80. The van der Waals surface area contributed by atoms with E-state index in [2.05, 4.69) is 43.9 Å². The summed E-state index contributed by atoms with van der Waals surface area (Å²) in [5.74, 6) is 1.000. The van der Waals surface area contributed by atoms with Crippen molar-refractivity contribution in [2.24, 2.45) is 0 Å². The molecule has 2 rings (SSSR count). The largest absolute Gasteiger partial charge is 0.495 e. The molecule has 0 saturated carbocycles. The number of benzene rings is 1. The van der Waals surface area contributed by atoms with Gasteiger partial charge >= 0.3 is 0 Å². The molecule has 1 aliphatic heterocycles. The van der Waals surface area contributed by atoms with E-state index in [9.17, 15) is 0 Å². The van der Waals surface area contributed by atoms with Crippen LogP contribution in [0.1, 0.15) is 39.2 Å². The Balaban J connectivity index is 2.39. The molecule has 94 valence electrons. The predicted octanol–water partition coefficient (Wildman–Crippen LogP) is 3.59. The van der Waals surface area contributed by atoms with Gasteiger partial charge in [-0.3, -0.25) is 0 Å². The average molecular weight is 233 g/mol. The van der Waals surface area contributed by atoms with Gasteiger partial charge in [-0.05, 0) is 36.0 Å². The first-order valence-electron chi connectivity index (χ1n) is 6.46. The van der Waals surface area contributed by atoms with Gasteiger partial charge in [-0.25, -0.2) is 0 Å². The Labute approximate surface area is 105 Å². The number of methoxy groups -OCH3 is 1.